The topological polar surface area (TPSA) is 66.5 Å². The molecule has 0 aromatic heterocycles. The molecule has 1 aromatic rings. The molecule has 12 heavy (non-hydrogen) atoms. The molecule has 0 saturated carbocycles. The van der Waals surface area contributed by atoms with Crippen LogP contribution in [0.25, 0.3) is 0 Å². The number of hydrogen-bond donors (Lipinski definition) is 3. The van der Waals surface area contributed by atoms with Crippen LogP contribution in [0.1, 0.15) is 11.7 Å². The molecule has 0 aliphatic heterocycles. The largest absolute Gasteiger partial charge is 0.508 e. The maximum absolute atomic E-state index is 9.38. The minimum atomic E-state index is -0.819. The number of aliphatic hydroxyl groups is 1. The van der Waals surface area contributed by atoms with Gasteiger partial charge in [-0.25, -0.2) is 0 Å². The highest BCUT2D eigenvalue weighted by Crippen LogP contribution is 2.30. The van der Waals surface area contributed by atoms with Crippen LogP contribution in [-0.4, -0.2) is 16.8 Å². The van der Waals surface area contributed by atoms with Crippen molar-refractivity contribution in [3.63, 3.8) is 0 Å². The molecule has 4 heteroatoms. The Kier molecular flexibility index (Phi) is 3.08. The molecule has 0 aliphatic rings. The lowest BCUT2D eigenvalue weighted by molar-refractivity contribution is 0.182. The van der Waals surface area contributed by atoms with Crippen LogP contribution in [0.4, 0.5) is 0 Å². The van der Waals surface area contributed by atoms with E-state index in [0.29, 0.717) is 10.0 Å². The Hall–Kier alpha value is -0.580. The van der Waals surface area contributed by atoms with E-state index in [1.807, 2.05) is 0 Å². The average Bonchev–Trinajstić information content (AvgIpc) is 2.03. The fourth-order valence-electron chi connectivity index (χ4n) is 0.973. The van der Waals surface area contributed by atoms with Crippen molar-refractivity contribution in [1.82, 2.24) is 0 Å². The van der Waals surface area contributed by atoms with Crippen molar-refractivity contribution < 1.29 is 10.2 Å². The number of benzene rings is 1. The molecule has 1 atom stereocenters. The minimum absolute atomic E-state index is 0.0577. The van der Waals surface area contributed by atoms with E-state index in [4.69, 9.17) is 5.73 Å². The fraction of sp³-hybridized carbons (Fsp3) is 0.250. The first-order valence-corrected chi connectivity index (χ1v) is 4.31. The Bertz CT molecular complexity index is 258. The van der Waals surface area contributed by atoms with Crippen LogP contribution in [0.3, 0.4) is 0 Å². The third kappa shape index (κ3) is 1.77. The summed E-state index contributed by atoms with van der Waals surface area (Å²) in [6, 6.07) is 4.94. The van der Waals surface area contributed by atoms with Crippen LogP contribution in [0, 0.1) is 0 Å². The Morgan fingerprint density at radius 3 is 2.67 bits per heavy atom. The smallest absolute Gasteiger partial charge is 0.122 e. The third-order valence-corrected chi connectivity index (χ3v) is 2.28. The van der Waals surface area contributed by atoms with E-state index in [1.54, 1.807) is 12.1 Å². The molecule has 0 amide bonds. The minimum Gasteiger partial charge on any atom is -0.508 e. The first-order chi connectivity index (χ1) is 5.66. The van der Waals surface area contributed by atoms with Crippen molar-refractivity contribution in [3.05, 3.63) is 28.2 Å². The summed E-state index contributed by atoms with van der Waals surface area (Å²) >= 11 is 3.21. The van der Waals surface area contributed by atoms with Crippen molar-refractivity contribution >= 4 is 15.9 Å². The van der Waals surface area contributed by atoms with E-state index in [2.05, 4.69) is 15.9 Å². The van der Waals surface area contributed by atoms with Crippen LogP contribution in [-0.2, 0) is 0 Å². The highest BCUT2D eigenvalue weighted by atomic mass is 79.9. The maximum Gasteiger partial charge on any atom is 0.122 e. The lowest BCUT2D eigenvalue weighted by Gasteiger charge is -2.11. The van der Waals surface area contributed by atoms with Crippen LogP contribution in [0.2, 0.25) is 0 Å². The molecule has 0 radical (unpaired) electrons. The van der Waals surface area contributed by atoms with Crippen molar-refractivity contribution in [2.75, 3.05) is 6.54 Å². The van der Waals surface area contributed by atoms with E-state index in [9.17, 15) is 10.2 Å². The van der Waals surface area contributed by atoms with Gasteiger partial charge in [-0.15, -0.1) is 0 Å². The van der Waals surface area contributed by atoms with Crippen LogP contribution >= 0.6 is 15.9 Å². The predicted molar refractivity (Wildman–Crippen MR) is 49.8 cm³/mol. The number of nitrogens with two attached hydrogens (primary N) is 1. The zero-order valence-corrected chi connectivity index (χ0v) is 7.95. The molecule has 0 aliphatic carbocycles. The SMILES string of the molecule is NC[C@H](O)c1c(O)cccc1Br. The molecular formula is C8H10BrNO2. The maximum atomic E-state index is 9.38. The zero-order valence-electron chi connectivity index (χ0n) is 6.37. The number of phenolic OH excluding ortho intramolecular Hbond substituents is 1. The lowest BCUT2D eigenvalue weighted by Crippen LogP contribution is -2.12. The molecule has 0 spiro atoms. The Labute approximate surface area is 79.0 Å². The van der Waals surface area contributed by atoms with Gasteiger partial charge in [0.2, 0.25) is 0 Å². The lowest BCUT2D eigenvalue weighted by atomic mass is 10.1. The Balaban J connectivity index is 3.12. The van der Waals surface area contributed by atoms with E-state index in [1.165, 1.54) is 6.07 Å². The Morgan fingerprint density at radius 1 is 1.50 bits per heavy atom. The summed E-state index contributed by atoms with van der Waals surface area (Å²) in [5.74, 6) is 0.0577. The quantitative estimate of drug-likeness (QED) is 0.716. The second kappa shape index (κ2) is 3.89. The summed E-state index contributed by atoms with van der Waals surface area (Å²) in [4.78, 5) is 0. The van der Waals surface area contributed by atoms with E-state index >= 15 is 0 Å². The average molecular weight is 232 g/mol. The van der Waals surface area contributed by atoms with Crippen LogP contribution in [0.5, 0.6) is 5.75 Å². The van der Waals surface area contributed by atoms with E-state index < -0.39 is 6.10 Å². The number of hydrogen-bond acceptors (Lipinski definition) is 3. The highest BCUT2D eigenvalue weighted by Gasteiger charge is 2.13. The van der Waals surface area contributed by atoms with Crippen molar-refractivity contribution in [2.45, 2.75) is 6.10 Å². The predicted octanol–water partition coefficient (Wildman–Crippen LogP) is 1.15. The molecule has 4 N–H and O–H groups in total. The second-order valence-electron chi connectivity index (χ2n) is 2.42. The summed E-state index contributed by atoms with van der Waals surface area (Å²) in [7, 11) is 0. The van der Waals surface area contributed by atoms with Crippen LogP contribution in [0.15, 0.2) is 22.7 Å². The number of aliphatic hydroxyl groups excluding tert-OH is 1. The summed E-state index contributed by atoms with van der Waals surface area (Å²) < 4.78 is 0.667. The summed E-state index contributed by atoms with van der Waals surface area (Å²) in [6.45, 7) is 0.0934. The molecule has 66 valence electrons. The van der Waals surface area contributed by atoms with Gasteiger partial charge in [0.1, 0.15) is 5.75 Å². The van der Waals surface area contributed by atoms with Gasteiger partial charge in [0.05, 0.1) is 6.10 Å². The summed E-state index contributed by atoms with van der Waals surface area (Å²) in [5.41, 5.74) is 5.70. The molecule has 1 rings (SSSR count). The first-order valence-electron chi connectivity index (χ1n) is 3.52. The molecule has 0 bridgehead atoms. The van der Waals surface area contributed by atoms with Gasteiger partial charge in [-0.2, -0.15) is 0 Å². The fourth-order valence-corrected chi connectivity index (χ4v) is 1.59. The monoisotopic (exact) mass is 231 g/mol. The number of rotatable bonds is 2. The molecule has 0 saturated heterocycles. The van der Waals surface area contributed by atoms with E-state index in [0.717, 1.165) is 0 Å². The molecule has 3 nitrogen and oxygen atoms in total. The van der Waals surface area contributed by atoms with Gasteiger partial charge in [-0.1, -0.05) is 22.0 Å². The van der Waals surface area contributed by atoms with Crippen molar-refractivity contribution in [1.29, 1.82) is 0 Å². The molecule has 0 fully saturated rings. The van der Waals surface area contributed by atoms with Gasteiger partial charge in [-0.3, -0.25) is 0 Å². The van der Waals surface area contributed by atoms with Crippen LogP contribution < -0.4 is 5.73 Å². The molecule has 0 unspecified atom stereocenters. The molecular weight excluding hydrogens is 222 g/mol. The normalized spacial score (nSPS) is 12.9. The summed E-state index contributed by atoms with van der Waals surface area (Å²) in [6.07, 6.45) is -0.819. The number of phenols is 1. The molecule has 0 heterocycles. The van der Waals surface area contributed by atoms with Crippen molar-refractivity contribution in [3.8, 4) is 5.75 Å². The van der Waals surface area contributed by atoms with Crippen molar-refractivity contribution in [2.24, 2.45) is 5.73 Å². The van der Waals surface area contributed by atoms with Gasteiger partial charge < -0.3 is 15.9 Å². The van der Waals surface area contributed by atoms with Gasteiger partial charge >= 0.3 is 0 Å². The number of halogens is 1. The summed E-state index contributed by atoms with van der Waals surface area (Å²) in [5, 5.41) is 18.7. The van der Waals surface area contributed by atoms with Gasteiger partial charge in [0, 0.05) is 16.6 Å². The highest BCUT2D eigenvalue weighted by molar-refractivity contribution is 9.10. The Morgan fingerprint density at radius 2 is 2.17 bits per heavy atom. The second-order valence-corrected chi connectivity index (χ2v) is 3.28. The van der Waals surface area contributed by atoms with Gasteiger partial charge in [0.15, 0.2) is 0 Å². The number of aromatic hydroxyl groups is 1. The molecule has 1 aromatic carbocycles. The van der Waals surface area contributed by atoms with Gasteiger partial charge in [0.25, 0.3) is 0 Å². The van der Waals surface area contributed by atoms with Gasteiger partial charge in [-0.05, 0) is 12.1 Å². The third-order valence-electron chi connectivity index (χ3n) is 1.59. The first kappa shape index (κ1) is 9.51. The van der Waals surface area contributed by atoms with E-state index in [-0.39, 0.29) is 12.3 Å². The standard InChI is InChI=1S/C8H10BrNO2/c9-5-2-1-3-6(11)8(5)7(12)4-10/h1-3,7,11-12H,4,10H2/t7-/m0/s1. The zero-order chi connectivity index (χ0) is 9.14.